The van der Waals surface area contributed by atoms with Gasteiger partial charge in [0.1, 0.15) is 17.4 Å². The summed E-state index contributed by atoms with van der Waals surface area (Å²) in [5.41, 5.74) is 2.13. The standard InChI is InChI=1S/C20H19IN2O2/c1-25-19-10-9-16(13-18(19)21)12-17(14-22)20(24)23-11-5-8-15-6-3-2-4-7-15/h2-4,6-7,9-10,12-13H,5,8,11H2,1H3,(H,23,24)/b17-12-. The molecule has 1 N–H and O–H groups in total. The normalized spacial score (nSPS) is 10.8. The molecule has 0 heterocycles. The van der Waals surface area contributed by atoms with Gasteiger partial charge in [-0.05, 0) is 64.8 Å². The van der Waals surface area contributed by atoms with Gasteiger partial charge in [-0.15, -0.1) is 0 Å². The monoisotopic (exact) mass is 446 g/mol. The topological polar surface area (TPSA) is 62.1 Å². The Hall–Kier alpha value is -2.33. The predicted molar refractivity (Wildman–Crippen MR) is 107 cm³/mol. The van der Waals surface area contributed by atoms with Crippen LogP contribution in [0.3, 0.4) is 0 Å². The minimum absolute atomic E-state index is 0.0978. The van der Waals surface area contributed by atoms with Crippen LogP contribution in [0.4, 0.5) is 0 Å². The van der Waals surface area contributed by atoms with Gasteiger partial charge >= 0.3 is 0 Å². The number of ether oxygens (including phenoxy) is 1. The first kappa shape index (κ1) is 19.0. The first-order valence-electron chi connectivity index (χ1n) is 7.91. The van der Waals surface area contributed by atoms with Crippen molar-refractivity contribution in [3.05, 3.63) is 68.8 Å². The maximum absolute atomic E-state index is 12.2. The second-order valence-corrected chi connectivity index (χ2v) is 6.57. The van der Waals surface area contributed by atoms with E-state index < -0.39 is 0 Å². The molecule has 2 aromatic carbocycles. The van der Waals surface area contributed by atoms with Crippen LogP contribution in [0, 0.1) is 14.9 Å². The van der Waals surface area contributed by atoms with Crippen molar-refractivity contribution in [1.29, 1.82) is 5.26 Å². The zero-order valence-electron chi connectivity index (χ0n) is 14.0. The average molecular weight is 446 g/mol. The Bertz CT molecular complexity index is 795. The molecule has 0 unspecified atom stereocenters. The quantitative estimate of drug-likeness (QED) is 0.303. The minimum atomic E-state index is -0.346. The summed E-state index contributed by atoms with van der Waals surface area (Å²) >= 11 is 2.16. The van der Waals surface area contributed by atoms with Crippen LogP contribution >= 0.6 is 22.6 Å². The molecular weight excluding hydrogens is 427 g/mol. The molecular formula is C20H19IN2O2. The third-order valence-corrected chi connectivity index (χ3v) is 4.47. The second-order valence-electron chi connectivity index (χ2n) is 5.41. The smallest absolute Gasteiger partial charge is 0.261 e. The van der Waals surface area contributed by atoms with E-state index in [0.717, 1.165) is 27.7 Å². The first-order chi connectivity index (χ1) is 12.1. The number of rotatable bonds is 7. The number of carbonyl (C=O) groups is 1. The number of hydrogen-bond acceptors (Lipinski definition) is 3. The van der Waals surface area contributed by atoms with E-state index in [4.69, 9.17) is 4.74 Å². The second kappa shape index (κ2) is 9.84. The van der Waals surface area contributed by atoms with Crippen molar-refractivity contribution in [2.75, 3.05) is 13.7 Å². The molecule has 25 heavy (non-hydrogen) atoms. The molecule has 2 aromatic rings. The maximum atomic E-state index is 12.2. The van der Waals surface area contributed by atoms with E-state index in [1.807, 2.05) is 42.5 Å². The lowest BCUT2D eigenvalue weighted by molar-refractivity contribution is -0.117. The van der Waals surface area contributed by atoms with Gasteiger partial charge in [0.25, 0.3) is 5.91 Å². The number of carbonyl (C=O) groups excluding carboxylic acids is 1. The van der Waals surface area contributed by atoms with E-state index in [-0.39, 0.29) is 11.5 Å². The Morgan fingerprint density at radius 2 is 2.04 bits per heavy atom. The zero-order valence-corrected chi connectivity index (χ0v) is 16.1. The van der Waals surface area contributed by atoms with Crippen LogP contribution in [0.1, 0.15) is 17.5 Å². The lowest BCUT2D eigenvalue weighted by Gasteiger charge is -2.06. The number of halogens is 1. The third kappa shape index (κ3) is 5.91. The van der Waals surface area contributed by atoms with Crippen molar-refractivity contribution < 1.29 is 9.53 Å². The van der Waals surface area contributed by atoms with Gasteiger partial charge in [0.05, 0.1) is 10.7 Å². The van der Waals surface area contributed by atoms with Gasteiger partial charge in [-0.1, -0.05) is 36.4 Å². The molecule has 0 radical (unpaired) electrons. The summed E-state index contributed by atoms with van der Waals surface area (Å²) in [5, 5.41) is 12.1. The summed E-state index contributed by atoms with van der Waals surface area (Å²) in [7, 11) is 1.61. The summed E-state index contributed by atoms with van der Waals surface area (Å²) in [6.45, 7) is 0.535. The van der Waals surface area contributed by atoms with Crippen LogP contribution in [-0.2, 0) is 11.2 Å². The molecule has 0 aromatic heterocycles. The van der Waals surface area contributed by atoms with Crippen LogP contribution in [0.2, 0.25) is 0 Å². The molecule has 0 saturated carbocycles. The number of hydrogen-bond donors (Lipinski definition) is 1. The Kier molecular flexibility index (Phi) is 7.48. The summed E-state index contributed by atoms with van der Waals surface area (Å²) in [5.74, 6) is 0.419. The van der Waals surface area contributed by atoms with E-state index in [1.54, 1.807) is 13.2 Å². The molecule has 0 fully saturated rings. The third-order valence-electron chi connectivity index (χ3n) is 3.62. The van der Waals surface area contributed by atoms with Crippen molar-refractivity contribution in [1.82, 2.24) is 5.32 Å². The zero-order chi connectivity index (χ0) is 18.1. The number of methoxy groups -OCH3 is 1. The van der Waals surface area contributed by atoms with Gasteiger partial charge in [0, 0.05) is 6.54 Å². The number of benzene rings is 2. The molecule has 0 aliphatic rings. The van der Waals surface area contributed by atoms with Gasteiger partial charge in [0.2, 0.25) is 0 Å². The molecule has 128 valence electrons. The number of amides is 1. The number of nitrogens with one attached hydrogen (secondary N) is 1. The lowest BCUT2D eigenvalue weighted by Crippen LogP contribution is -2.25. The van der Waals surface area contributed by atoms with E-state index in [1.165, 1.54) is 5.56 Å². The van der Waals surface area contributed by atoms with E-state index in [0.29, 0.717) is 6.54 Å². The molecule has 1 amide bonds. The number of nitrogens with zero attached hydrogens (tertiary/aromatic N) is 1. The highest BCUT2D eigenvalue weighted by molar-refractivity contribution is 14.1. The lowest BCUT2D eigenvalue weighted by atomic mass is 10.1. The fraction of sp³-hybridized carbons (Fsp3) is 0.200. The average Bonchev–Trinajstić information content (AvgIpc) is 2.64. The summed E-state index contributed by atoms with van der Waals surface area (Å²) < 4.78 is 6.13. The Balaban J connectivity index is 1.92. The summed E-state index contributed by atoms with van der Waals surface area (Å²) in [6, 6.07) is 17.6. The SMILES string of the molecule is COc1ccc(/C=C(/C#N)C(=O)NCCCc2ccccc2)cc1I. The summed E-state index contributed by atoms with van der Waals surface area (Å²) in [6.07, 6.45) is 3.31. The van der Waals surface area contributed by atoms with Gasteiger partial charge in [0.15, 0.2) is 0 Å². The van der Waals surface area contributed by atoms with Crippen molar-refractivity contribution in [2.45, 2.75) is 12.8 Å². The first-order valence-corrected chi connectivity index (χ1v) is 8.99. The Morgan fingerprint density at radius 3 is 2.68 bits per heavy atom. The highest BCUT2D eigenvalue weighted by Crippen LogP contribution is 2.22. The largest absolute Gasteiger partial charge is 0.496 e. The van der Waals surface area contributed by atoms with Gasteiger partial charge in [-0.25, -0.2) is 0 Å². The molecule has 0 bridgehead atoms. The van der Waals surface area contributed by atoms with Crippen LogP contribution in [0.5, 0.6) is 5.75 Å². The van der Waals surface area contributed by atoms with Crippen LogP contribution in [-0.4, -0.2) is 19.6 Å². The molecule has 0 atom stereocenters. The van der Waals surface area contributed by atoms with E-state index >= 15 is 0 Å². The fourth-order valence-corrected chi connectivity index (χ4v) is 3.08. The van der Waals surface area contributed by atoms with Crippen molar-refractivity contribution in [2.24, 2.45) is 0 Å². The van der Waals surface area contributed by atoms with Crippen molar-refractivity contribution in [3.8, 4) is 11.8 Å². The maximum Gasteiger partial charge on any atom is 0.261 e. The summed E-state index contributed by atoms with van der Waals surface area (Å²) in [4.78, 5) is 12.2. The van der Waals surface area contributed by atoms with Crippen LogP contribution in [0.15, 0.2) is 54.1 Å². The van der Waals surface area contributed by atoms with E-state index in [9.17, 15) is 10.1 Å². The van der Waals surface area contributed by atoms with Gasteiger partial charge < -0.3 is 10.1 Å². The van der Waals surface area contributed by atoms with Crippen molar-refractivity contribution >= 4 is 34.6 Å². The molecule has 2 rings (SSSR count). The molecule has 4 nitrogen and oxygen atoms in total. The number of aryl methyl sites for hydroxylation is 1. The van der Waals surface area contributed by atoms with Gasteiger partial charge in [-0.3, -0.25) is 4.79 Å². The Morgan fingerprint density at radius 1 is 1.28 bits per heavy atom. The minimum Gasteiger partial charge on any atom is -0.496 e. The van der Waals surface area contributed by atoms with Crippen LogP contribution < -0.4 is 10.1 Å². The Labute approximate surface area is 161 Å². The van der Waals surface area contributed by atoms with E-state index in [2.05, 4.69) is 40.0 Å². The van der Waals surface area contributed by atoms with Gasteiger partial charge in [-0.2, -0.15) is 5.26 Å². The van der Waals surface area contributed by atoms with Crippen LogP contribution in [0.25, 0.3) is 6.08 Å². The molecule has 0 aliphatic carbocycles. The highest BCUT2D eigenvalue weighted by atomic mass is 127. The highest BCUT2D eigenvalue weighted by Gasteiger charge is 2.09. The molecule has 0 aliphatic heterocycles. The number of nitriles is 1. The fourth-order valence-electron chi connectivity index (χ4n) is 2.32. The molecule has 5 heteroatoms. The van der Waals surface area contributed by atoms with Crippen molar-refractivity contribution in [3.63, 3.8) is 0 Å². The molecule has 0 spiro atoms. The molecule has 0 saturated heterocycles. The predicted octanol–water partition coefficient (Wildman–Crippen LogP) is 3.96.